The first kappa shape index (κ1) is 11.7. The number of hydrogen-bond donors (Lipinski definition) is 0. The van der Waals surface area contributed by atoms with Crippen molar-refractivity contribution in [2.24, 2.45) is 0 Å². The number of halogens is 1. The van der Waals surface area contributed by atoms with E-state index in [2.05, 4.69) is 34.1 Å². The Labute approximate surface area is 110 Å². The van der Waals surface area contributed by atoms with E-state index in [4.69, 9.17) is 9.47 Å². The van der Waals surface area contributed by atoms with Gasteiger partial charge in [-0.2, -0.15) is 0 Å². The molecule has 92 valence electrons. The Balaban J connectivity index is 1.78. The van der Waals surface area contributed by atoms with E-state index in [9.17, 15) is 0 Å². The zero-order valence-corrected chi connectivity index (χ0v) is 11.4. The average Bonchev–Trinajstić information content (AvgIpc) is 2.86. The molecule has 1 heterocycles. The van der Waals surface area contributed by atoms with Crippen molar-refractivity contribution in [3.8, 4) is 0 Å². The Morgan fingerprint density at radius 2 is 2.06 bits per heavy atom. The van der Waals surface area contributed by atoms with E-state index in [1.807, 2.05) is 0 Å². The molecule has 1 fully saturated rings. The van der Waals surface area contributed by atoms with Crippen LogP contribution in [-0.2, 0) is 22.3 Å². The molecule has 3 heteroatoms. The number of rotatable bonds is 2. The summed E-state index contributed by atoms with van der Waals surface area (Å²) in [5.41, 5.74) is 4.36. The fraction of sp³-hybridized carbons (Fsp3) is 0.571. The van der Waals surface area contributed by atoms with E-state index in [-0.39, 0.29) is 10.9 Å². The molecular formula is C14H17BrO2. The summed E-state index contributed by atoms with van der Waals surface area (Å²) in [6.45, 7) is 2.12. The van der Waals surface area contributed by atoms with Crippen molar-refractivity contribution in [2.45, 2.75) is 30.2 Å². The molecule has 0 N–H and O–H groups in total. The molecule has 0 bridgehead atoms. The van der Waals surface area contributed by atoms with E-state index in [1.165, 1.54) is 36.0 Å². The van der Waals surface area contributed by atoms with Crippen molar-refractivity contribution >= 4 is 15.9 Å². The van der Waals surface area contributed by atoms with Gasteiger partial charge in [0.25, 0.3) is 0 Å². The van der Waals surface area contributed by atoms with E-state index >= 15 is 0 Å². The molecule has 2 aliphatic rings. The molecule has 2 unspecified atom stereocenters. The molecule has 0 radical (unpaired) electrons. The molecule has 2 atom stereocenters. The summed E-state index contributed by atoms with van der Waals surface area (Å²) in [7, 11) is 0. The van der Waals surface area contributed by atoms with Crippen LogP contribution in [0.2, 0.25) is 0 Å². The highest BCUT2D eigenvalue weighted by Gasteiger charge is 2.25. The highest BCUT2D eigenvalue weighted by Crippen LogP contribution is 2.33. The maximum atomic E-state index is 5.74. The van der Waals surface area contributed by atoms with Crippen LogP contribution in [0.5, 0.6) is 0 Å². The lowest BCUT2D eigenvalue weighted by molar-refractivity contribution is -0.0876. The van der Waals surface area contributed by atoms with Crippen molar-refractivity contribution in [1.82, 2.24) is 0 Å². The molecule has 17 heavy (non-hydrogen) atoms. The Hall–Kier alpha value is -0.380. The van der Waals surface area contributed by atoms with Gasteiger partial charge in [0.1, 0.15) is 0 Å². The molecule has 1 saturated heterocycles. The van der Waals surface area contributed by atoms with Crippen LogP contribution in [0.4, 0.5) is 0 Å². The summed E-state index contributed by atoms with van der Waals surface area (Å²) in [6.07, 6.45) is 3.91. The first-order valence-corrected chi connectivity index (χ1v) is 7.21. The largest absolute Gasteiger partial charge is 0.376 e. The number of aryl methyl sites for hydroxylation is 2. The fourth-order valence-electron chi connectivity index (χ4n) is 2.65. The summed E-state index contributed by atoms with van der Waals surface area (Å²) in [6, 6.07) is 6.83. The van der Waals surface area contributed by atoms with Crippen LogP contribution in [0, 0.1) is 0 Å². The number of hydrogen-bond acceptors (Lipinski definition) is 2. The van der Waals surface area contributed by atoms with Gasteiger partial charge in [-0.1, -0.05) is 34.1 Å². The molecule has 0 spiro atoms. The maximum absolute atomic E-state index is 5.74. The summed E-state index contributed by atoms with van der Waals surface area (Å²) >= 11 is 3.75. The molecule has 0 amide bonds. The van der Waals surface area contributed by atoms with Crippen LogP contribution in [0.25, 0.3) is 0 Å². The van der Waals surface area contributed by atoms with E-state index in [1.54, 1.807) is 0 Å². The molecule has 1 aliphatic heterocycles. The molecule has 0 saturated carbocycles. The smallest absolute Gasteiger partial charge is 0.0975 e. The molecule has 0 aromatic heterocycles. The number of alkyl halides is 1. The highest BCUT2D eigenvalue weighted by atomic mass is 79.9. The molecule has 2 nitrogen and oxygen atoms in total. The summed E-state index contributed by atoms with van der Waals surface area (Å²) in [4.78, 5) is 0.244. The predicted octanol–water partition coefficient (Wildman–Crippen LogP) is 3.03. The molecule has 1 aromatic carbocycles. The highest BCUT2D eigenvalue weighted by molar-refractivity contribution is 9.09. The molecular weight excluding hydrogens is 280 g/mol. The second-order valence-corrected chi connectivity index (χ2v) is 5.75. The van der Waals surface area contributed by atoms with Crippen LogP contribution in [0.1, 0.15) is 27.9 Å². The van der Waals surface area contributed by atoms with Crippen molar-refractivity contribution in [2.75, 3.05) is 19.8 Å². The third-order valence-corrected chi connectivity index (χ3v) is 4.73. The van der Waals surface area contributed by atoms with Crippen LogP contribution in [-0.4, -0.2) is 25.9 Å². The van der Waals surface area contributed by atoms with Gasteiger partial charge in [-0.05, 0) is 36.0 Å². The van der Waals surface area contributed by atoms with E-state index in [0.717, 1.165) is 6.61 Å². The van der Waals surface area contributed by atoms with Gasteiger partial charge < -0.3 is 9.47 Å². The van der Waals surface area contributed by atoms with Crippen molar-refractivity contribution < 1.29 is 9.47 Å². The monoisotopic (exact) mass is 296 g/mol. The lowest BCUT2D eigenvalue weighted by Gasteiger charge is -2.27. The third-order valence-electron chi connectivity index (χ3n) is 3.61. The Morgan fingerprint density at radius 3 is 2.88 bits per heavy atom. The fourth-order valence-corrected chi connectivity index (χ4v) is 3.24. The van der Waals surface area contributed by atoms with Crippen LogP contribution in [0.3, 0.4) is 0 Å². The Kier molecular flexibility index (Phi) is 3.50. The predicted molar refractivity (Wildman–Crippen MR) is 70.7 cm³/mol. The zero-order valence-electron chi connectivity index (χ0n) is 9.82. The van der Waals surface area contributed by atoms with Crippen molar-refractivity contribution in [3.05, 3.63) is 34.9 Å². The zero-order chi connectivity index (χ0) is 11.7. The topological polar surface area (TPSA) is 18.5 Å². The maximum Gasteiger partial charge on any atom is 0.0975 e. The van der Waals surface area contributed by atoms with Crippen molar-refractivity contribution in [1.29, 1.82) is 0 Å². The van der Waals surface area contributed by atoms with Gasteiger partial charge in [-0.15, -0.1) is 0 Å². The minimum Gasteiger partial charge on any atom is -0.376 e. The lowest BCUT2D eigenvalue weighted by Crippen LogP contribution is -2.31. The number of ether oxygens (including phenoxy) is 2. The average molecular weight is 297 g/mol. The summed E-state index contributed by atoms with van der Waals surface area (Å²) < 4.78 is 11.2. The Bertz CT molecular complexity index is 399. The quantitative estimate of drug-likeness (QED) is 0.781. The standard InChI is InChI=1S/C14H17BrO2/c15-14(13-9-16-6-7-17-13)12-5-4-10-2-1-3-11(10)8-12/h4-5,8,13-14H,1-3,6-7,9H2. The van der Waals surface area contributed by atoms with Gasteiger partial charge in [0.15, 0.2) is 0 Å². The van der Waals surface area contributed by atoms with Crippen LogP contribution >= 0.6 is 15.9 Å². The number of fused-ring (bicyclic) bond motifs is 1. The number of benzene rings is 1. The summed E-state index contributed by atoms with van der Waals surface area (Å²) in [5.74, 6) is 0. The van der Waals surface area contributed by atoms with Gasteiger partial charge in [0, 0.05) is 0 Å². The first-order chi connectivity index (χ1) is 8.34. The minimum atomic E-state index is 0.142. The first-order valence-electron chi connectivity index (χ1n) is 6.30. The SMILES string of the molecule is BrC(c1ccc2c(c1)CCC2)C1COCCO1. The van der Waals surface area contributed by atoms with Crippen LogP contribution < -0.4 is 0 Å². The lowest BCUT2D eigenvalue weighted by atomic mass is 10.0. The van der Waals surface area contributed by atoms with Gasteiger partial charge in [0.05, 0.1) is 30.8 Å². The Morgan fingerprint density at radius 1 is 1.18 bits per heavy atom. The summed E-state index contributed by atoms with van der Waals surface area (Å²) in [5, 5.41) is 0. The molecule has 1 aromatic rings. The second kappa shape index (κ2) is 5.09. The van der Waals surface area contributed by atoms with Gasteiger partial charge in [-0.3, -0.25) is 0 Å². The molecule has 1 aliphatic carbocycles. The third kappa shape index (κ3) is 2.42. The second-order valence-electron chi connectivity index (χ2n) is 4.77. The van der Waals surface area contributed by atoms with E-state index in [0.29, 0.717) is 13.2 Å². The van der Waals surface area contributed by atoms with E-state index < -0.39 is 0 Å². The normalized spacial score (nSPS) is 25.6. The van der Waals surface area contributed by atoms with Crippen LogP contribution in [0.15, 0.2) is 18.2 Å². The van der Waals surface area contributed by atoms with Gasteiger partial charge >= 0.3 is 0 Å². The molecule has 3 rings (SSSR count). The van der Waals surface area contributed by atoms with Crippen molar-refractivity contribution in [3.63, 3.8) is 0 Å². The minimum absolute atomic E-state index is 0.142. The van der Waals surface area contributed by atoms with Gasteiger partial charge in [0.2, 0.25) is 0 Å². The van der Waals surface area contributed by atoms with Gasteiger partial charge in [-0.25, -0.2) is 0 Å².